The Morgan fingerprint density at radius 2 is 1.86 bits per heavy atom. The van der Waals surface area contributed by atoms with E-state index in [0.29, 0.717) is 27.5 Å². The van der Waals surface area contributed by atoms with Crippen molar-refractivity contribution in [2.24, 2.45) is 0 Å². The number of benzene rings is 2. The molecule has 0 spiro atoms. The van der Waals surface area contributed by atoms with E-state index in [9.17, 15) is 9.90 Å². The van der Waals surface area contributed by atoms with Gasteiger partial charge in [-0.15, -0.1) is 0 Å². The lowest BCUT2D eigenvalue weighted by Gasteiger charge is -2.15. The number of anilines is 1. The Morgan fingerprint density at radius 3 is 2.39 bits per heavy atom. The number of hydrogen-bond acceptors (Lipinski definition) is 3. The van der Waals surface area contributed by atoms with Gasteiger partial charge in [-0.05, 0) is 80.3 Å². The molecule has 0 saturated carbocycles. The highest BCUT2D eigenvalue weighted by molar-refractivity contribution is 6.34. The molecule has 2 rings (SSSR count). The number of hydrogen-bond donors (Lipinski definition) is 3. The second kappa shape index (κ2) is 8.89. The van der Waals surface area contributed by atoms with Crippen molar-refractivity contribution in [3.05, 3.63) is 64.2 Å². The predicted molar refractivity (Wildman–Crippen MR) is 118 cm³/mol. The minimum atomic E-state index is -0.197. The third-order valence-electron chi connectivity index (χ3n) is 4.43. The topological polar surface area (TPSA) is 73.2 Å². The Kier molecular flexibility index (Phi) is 6.81. The van der Waals surface area contributed by atoms with Crippen LogP contribution >= 0.6 is 11.6 Å². The average molecular weight is 397 g/mol. The fourth-order valence-corrected chi connectivity index (χ4v) is 3.08. The number of phenols is 1. The molecule has 2 aromatic rings. The molecule has 0 atom stereocenters. The summed E-state index contributed by atoms with van der Waals surface area (Å²) >= 11 is 6.31. The molecule has 5 heteroatoms. The summed E-state index contributed by atoms with van der Waals surface area (Å²) in [5, 5.41) is 21.9. The maximum absolute atomic E-state index is 11.3. The summed E-state index contributed by atoms with van der Waals surface area (Å²) in [7, 11) is 0. The van der Waals surface area contributed by atoms with Crippen molar-refractivity contribution in [2.75, 3.05) is 5.32 Å². The number of nitrogens with one attached hydrogen (secondary N) is 2. The van der Waals surface area contributed by atoms with Gasteiger partial charge in [0, 0.05) is 23.8 Å². The number of carbonyl (C=O) groups excluding carboxylic acids is 1. The number of halogens is 1. The standard InChI is InChI=1S/C23H25ClN2O2/c1-6-17(11-14(3)15(4)25)19-9-13(2)10-20(23(19)28)18-7-8-22(21(24)12-18)26-16(5)27/h6-12,25,28H,1-5H3,(H,26,27)/b14-11-,17-6+,25-15?. The molecule has 0 heterocycles. The van der Waals surface area contributed by atoms with Crippen LogP contribution in [0.15, 0.2) is 48.1 Å². The summed E-state index contributed by atoms with van der Waals surface area (Å²) < 4.78 is 0. The fourth-order valence-electron chi connectivity index (χ4n) is 2.85. The van der Waals surface area contributed by atoms with Gasteiger partial charge in [-0.2, -0.15) is 0 Å². The molecule has 0 fully saturated rings. The molecule has 1 amide bonds. The quantitative estimate of drug-likeness (QED) is 0.405. The first kappa shape index (κ1) is 21.5. The monoisotopic (exact) mass is 396 g/mol. The zero-order chi connectivity index (χ0) is 21.0. The summed E-state index contributed by atoms with van der Waals surface area (Å²) in [5.74, 6) is -0.0505. The number of phenolic OH excluding ortho intramolecular Hbond substituents is 1. The molecule has 0 aliphatic heterocycles. The molecule has 3 N–H and O–H groups in total. The van der Waals surface area contributed by atoms with Gasteiger partial charge in [0.2, 0.25) is 5.91 Å². The molecule has 0 unspecified atom stereocenters. The van der Waals surface area contributed by atoms with Gasteiger partial charge in [-0.1, -0.05) is 23.7 Å². The summed E-state index contributed by atoms with van der Waals surface area (Å²) in [6.45, 7) is 8.90. The molecule has 0 radical (unpaired) electrons. The highest BCUT2D eigenvalue weighted by Crippen LogP contribution is 2.39. The normalized spacial score (nSPS) is 12.1. The second-order valence-corrected chi connectivity index (χ2v) is 7.19. The largest absolute Gasteiger partial charge is 0.507 e. The van der Waals surface area contributed by atoms with Crippen molar-refractivity contribution in [1.29, 1.82) is 5.41 Å². The van der Waals surface area contributed by atoms with Crippen LogP contribution in [0.25, 0.3) is 16.7 Å². The summed E-state index contributed by atoms with van der Waals surface area (Å²) in [6, 6.07) is 9.08. The molecular formula is C23H25ClN2O2. The molecule has 0 bridgehead atoms. The van der Waals surface area contributed by atoms with E-state index in [2.05, 4.69) is 5.32 Å². The van der Waals surface area contributed by atoms with Gasteiger partial charge in [0.15, 0.2) is 0 Å². The Hall–Kier alpha value is -2.85. The maximum atomic E-state index is 11.3. The molecule has 0 aromatic heterocycles. The lowest BCUT2D eigenvalue weighted by molar-refractivity contribution is -0.114. The first-order valence-electron chi connectivity index (χ1n) is 8.95. The van der Waals surface area contributed by atoms with E-state index in [0.717, 1.165) is 22.3 Å². The van der Waals surface area contributed by atoms with Crippen molar-refractivity contribution in [3.8, 4) is 16.9 Å². The zero-order valence-electron chi connectivity index (χ0n) is 16.8. The number of carbonyl (C=O) groups is 1. The van der Waals surface area contributed by atoms with Gasteiger partial charge in [-0.25, -0.2) is 0 Å². The van der Waals surface area contributed by atoms with E-state index in [1.54, 1.807) is 19.1 Å². The average Bonchev–Trinajstić information content (AvgIpc) is 2.62. The van der Waals surface area contributed by atoms with E-state index in [1.165, 1.54) is 6.92 Å². The number of aromatic hydroxyl groups is 1. The van der Waals surface area contributed by atoms with Crippen LogP contribution in [0.5, 0.6) is 5.75 Å². The minimum absolute atomic E-state index is 0.147. The smallest absolute Gasteiger partial charge is 0.221 e. The molecule has 4 nitrogen and oxygen atoms in total. The minimum Gasteiger partial charge on any atom is -0.507 e. The van der Waals surface area contributed by atoms with E-state index in [1.807, 2.05) is 51.1 Å². The summed E-state index contributed by atoms with van der Waals surface area (Å²) in [4.78, 5) is 11.3. The van der Waals surface area contributed by atoms with Crippen molar-refractivity contribution >= 4 is 34.5 Å². The van der Waals surface area contributed by atoms with E-state index in [-0.39, 0.29) is 11.7 Å². The Bertz CT molecular complexity index is 1000. The highest BCUT2D eigenvalue weighted by Gasteiger charge is 2.15. The zero-order valence-corrected chi connectivity index (χ0v) is 17.5. The lowest BCUT2D eigenvalue weighted by Crippen LogP contribution is -2.06. The van der Waals surface area contributed by atoms with Crippen molar-refractivity contribution in [2.45, 2.75) is 34.6 Å². The van der Waals surface area contributed by atoms with Crippen molar-refractivity contribution in [3.63, 3.8) is 0 Å². The molecule has 0 aliphatic carbocycles. The molecule has 146 valence electrons. The molecule has 0 aliphatic rings. The third-order valence-corrected chi connectivity index (χ3v) is 4.74. The van der Waals surface area contributed by atoms with Gasteiger partial charge >= 0.3 is 0 Å². The first-order chi connectivity index (χ1) is 13.1. The SMILES string of the molecule is C/C=C(\C=C(\C)C(C)=N)c1cc(C)cc(-c2ccc(NC(C)=O)c(Cl)c2)c1O. The van der Waals surface area contributed by atoms with E-state index in [4.69, 9.17) is 17.0 Å². The number of allylic oxidation sites excluding steroid dienone is 4. The van der Waals surface area contributed by atoms with Crippen LogP contribution in [0.4, 0.5) is 5.69 Å². The van der Waals surface area contributed by atoms with Crippen molar-refractivity contribution < 1.29 is 9.90 Å². The number of aryl methyl sites for hydroxylation is 1. The fraction of sp³-hybridized carbons (Fsp3) is 0.217. The van der Waals surface area contributed by atoms with Crippen LogP contribution in [0, 0.1) is 12.3 Å². The Morgan fingerprint density at radius 1 is 1.18 bits per heavy atom. The van der Waals surface area contributed by atoms with Crippen LogP contribution in [-0.2, 0) is 4.79 Å². The van der Waals surface area contributed by atoms with Crippen LogP contribution in [-0.4, -0.2) is 16.7 Å². The summed E-state index contributed by atoms with van der Waals surface area (Å²) in [5.41, 5.74) is 5.77. The highest BCUT2D eigenvalue weighted by atomic mass is 35.5. The molecule has 0 saturated heterocycles. The van der Waals surface area contributed by atoms with Gasteiger partial charge in [0.05, 0.1) is 10.7 Å². The summed E-state index contributed by atoms with van der Waals surface area (Å²) in [6.07, 6.45) is 3.81. The molecular weight excluding hydrogens is 372 g/mol. The van der Waals surface area contributed by atoms with Gasteiger partial charge in [0.1, 0.15) is 5.75 Å². The van der Waals surface area contributed by atoms with E-state index < -0.39 is 0 Å². The van der Waals surface area contributed by atoms with Gasteiger partial charge in [-0.3, -0.25) is 4.79 Å². The Labute approximate surface area is 171 Å². The van der Waals surface area contributed by atoms with Crippen LogP contribution in [0.2, 0.25) is 5.02 Å². The van der Waals surface area contributed by atoms with Crippen LogP contribution in [0.3, 0.4) is 0 Å². The first-order valence-corrected chi connectivity index (χ1v) is 9.33. The second-order valence-electron chi connectivity index (χ2n) is 6.78. The van der Waals surface area contributed by atoms with Gasteiger partial charge < -0.3 is 15.8 Å². The van der Waals surface area contributed by atoms with E-state index >= 15 is 0 Å². The van der Waals surface area contributed by atoms with Crippen LogP contribution in [0.1, 0.15) is 38.8 Å². The maximum Gasteiger partial charge on any atom is 0.221 e. The third kappa shape index (κ3) is 4.90. The lowest BCUT2D eigenvalue weighted by atomic mass is 9.93. The Balaban J connectivity index is 2.60. The molecule has 2 aromatic carbocycles. The predicted octanol–water partition coefficient (Wildman–Crippen LogP) is 6.37. The molecule has 28 heavy (non-hydrogen) atoms. The van der Waals surface area contributed by atoms with Crippen LogP contribution < -0.4 is 5.32 Å². The van der Waals surface area contributed by atoms with Crippen molar-refractivity contribution in [1.82, 2.24) is 0 Å². The number of rotatable bonds is 5. The number of amides is 1. The van der Waals surface area contributed by atoms with Gasteiger partial charge in [0.25, 0.3) is 0 Å².